The fourth-order valence-electron chi connectivity index (χ4n) is 1.77. The predicted octanol–water partition coefficient (Wildman–Crippen LogP) is 4.14. The molecule has 0 saturated heterocycles. The second-order valence-corrected chi connectivity index (χ2v) is 5.92. The van der Waals surface area contributed by atoms with Crippen molar-refractivity contribution in [3.05, 3.63) is 70.5 Å². The number of amides is 1. The Morgan fingerprint density at radius 3 is 2.76 bits per heavy atom. The highest BCUT2D eigenvalue weighted by Crippen LogP contribution is 2.20. The van der Waals surface area contributed by atoms with Crippen LogP contribution >= 0.6 is 23.4 Å². The third-order valence-corrected chi connectivity index (χ3v) is 4.21. The van der Waals surface area contributed by atoms with E-state index in [1.165, 1.54) is 18.2 Å². The Kier molecular flexibility index (Phi) is 6.08. The number of rotatable bonds is 6. The molecular formula is C16H15ClFNOS. The van der Waals surface area contributed by atoms with Gasteiger partial charge in [-0.3, -0.25) is 4.79 Å². The molecule has 0 bridgehead atoms. The minimum atomic E-state index is -0.407. The molecule has 0 saturated carbocycles. The summed E-state index contributed by atoms with van der Waals surface area (Å²) in [7, 11) is 0. The SMILES string of the molecule is O=C(NCCSCc1ccccc1Cl)c1cccc(F)c1. The molecule has 0 spiro atoms. The molecule has 0 aliphatic rings. The molecule has 2 aromatic carbocycles. The average molecular weight is 324 g/mol. The summed E-state index contributed by atoms with van der Waals surface area (Å²) in [4.78, 5) is 11.8. The molecule has 0 atom stereocenters. The Labute approximate surface area is 132 Å². The molecule has 21 heavy (non-hydrogen) atoms. The third kappa shape index (κ3) is 5.06. The number of carbonyl (C=O) groups excluding carboxylic acids is 1. The van der Waals surface area contributed by atoms with Crippen molar-refractivity contribution in [1.82, 2.24) is 5.32 Å². The number of hydrogen-bond acceptors (Lipinski definition) is 2. The van der Waals surface area contributed by atoms with Gasteiger partial charge in [-0.2, -0.15) is 11.8 Å². The number of thioether (sulfide) groups is 1. The first-order valence-corrected chi connectivity index (χ1v) is 8.05. The number of halogens is 2. The van der Waals surface area contributed by atoms with Crippen LogP contribution < -0.4 is 5.32 Å². The summed E-state index contributed by atoms with van der Waals surface area (Å²) in [5.74, 6) is 0.908. The smallest absolute Gasteiger partial charge is 0.251 e. The van der Waals surface area contributed by atoms with Gasteiger partial charge in [0.2, 0.25) is 0 Å². The fraction of sp³-hybridized carbons (Fsp3) is 0.188. The van der Waals surface area contributed by atoms with E-state index in [2.05, 4.69) is 5.32 Å². The van der Waals surface area contributed by atoms with Gasteiger partial charge in [0, 0.05) is 28.6 Å². The second-order valence-electron chi connectivity index (χ2n) is 4.41. The number of hydrogen-bond donors (Lipinski definition) is 1. The van der Waals surface area contributed by atoms with E-state index in [1.54, 1.807) is 17.8 Å². The minimum absolute atomic E-state index is 0.257. The van der Waals surface area contributed by atoms with E-state index in [-0.39, 0.29) is 5.91 Å². The maximum atomic E-state index is 13.0. The van der Waals surface area contributed by atoms with Crippen LogP contribution in [0.4, 0.5) is 4.39 Å². The van der Waals surface area contributed by atoms with Crippen LogP contribution in [-0.4, -0.2) is 18.2 Å². The number of nitrogens with one attached hydrogen (secondary N) is 1. The summed E-state index contributed by atoms with van der Waals surface area (Å²) in [5, 5.41) is 3.53. The number of carbonyl (C=O) groups is 1. The highest BCUT2D eigenvalue weighted by Gasteiger charge is 2.05. The topological polar surface area (TPSA) is 29.1 Å². The summed E-state index contributed by atoms with van der Waals surface area (Å²) in [5.41, 5.74) is 1.42. The molecular weight excluding hydrogens is 309 g/mol. The third-order valence-electron chi connectivity index (χ3n) is 2.83. The predicted molar refractivity (Wildman–Crippen MR) is 86.3 cm³/mol. The van der Waals surface area contributed by atoms with Gasteiger partial charge in [0.15, 0.2) is 0 Å². The van der Waals surface area contributed by atoms with Gasteiger partial charge in [0.05, 0.1) is 0 Å². The van der Waals surface area contributed by atoms with E-state index in [1.807, 2.05) is 24.3 Å². The van der Waals surface area contributed by atoms with E-state index in [0.717, 1.165) is 22.1 Å². The fourth-order valence-corrected chi connectivity index (χ4v) is 2.91. The minimum Gasteiger partial charge on any atom is -0.351 e. The monoisotopic (exact) mass is 323 g/mol. The van der Waals surface area contributed by atoms with Crippen LogP contribution in [0.2, 0.25) is 5.02 Å². The molecule has 1 N–H and O–H groups in total. The largest absolute Gasteiger partial charge is 0.351 e. The van der Waals surface area contributed by atoms with Crippen LogP contribution in [0.5, 0.6) is 0 Å². The van der Waals surface area contributed by atoms with Gasteiger partial charge in [-0.1, -0.05) is 35.9 Å². The molecule has 1 amide bonds. The van der Waals surface area contributed by atoms with Crippen molar-refractivity contribution >= 4 is 29.3 Å². The summed E-state index contributed by atoms with van der Waals surface area (Å²) in [6.45, 7) is 0.532. The lowest BCUT2D eigenvalue weighted by Crippen LogP contribution is -2.25. The van der Waals surface area contributed by atoms with Gasteiger partial charge in [0.25, 0.3) is 5.91 Å². The van der Waals surface area contributed by atoms with Crippen LogP contribution in [0.1, 0.15) is 15.9 Å². The number of benzene rings is 2. The molecule has 0 aromatic heterocycles. The summed E-state index contributed by atoms with van der Waals surface area (Å²) in [6.07, 6.45) is 0. The molecule has 0 aliphatic heterocycles. The van der Waals surface area contributed by atoms with Crippen molar-refractivity contribution in [1.29, 1.82) is 0 Å². The Balaban J connectivity index is 1.70. The Hall–Kier alpha value is -1.52. The van der Waals surface area contributed by atoms with Gasteiger partial charge in [-0.25, -0.2) is 4.39 Å². The van der Waals surface area contributed by atoms with Gasteiger partial charge in [0.1, 0.15) is 5.82 Å². The first kappa shape index (κ1) is 15.9. The zero-order valence-electron chi connectivity index (χ0n) is 11.3. The van der Waals surface area contributed by atoms with E-state index in [0.29, 0.717) is 12.1 Å². The highest BCUT2D eigenvalue weighted by atomic mass is 35.5. The lowest BCUT2D eigenvalue weighted by molar-refractivity contribution is 0.0955. The van der Waals surface area contributed by atoms with E-state index in [4.69, 9.17) is 11.6 Å². The standard InChI is InChI=1S/C16H15ClFNOS/c17-15-7-2-1-4-13(15)11-21-9-8-19-16(20)12-5-3-6-14(18)10-12/h1-7,10H,8-9,11H2,(H,19,20). The van der Waals surface area contributed by atoms with Crippen LogP contribution in [-0.2, 0) is 5.75 Å². The molecule has 110 valence electrons. The Morgan fingerprint density at radius 1 is 1.19 bits per heavy atom. The highest BCUT2D eigenvalue weighted by molar-refractivity contribution is 7.98. The molecule has 0 aliphatic carbocycles. The molecule has 2 rings (SSSR count). The van der Waals surface area contributed by atoms with E-state index < -0.39 is 5.82 Å². The van der Waals surface area contributed by atoms with E-state index >= 15 is 0 Å². The zero-order valence-corrected chi connectivity index (χ0v) is 12.9. The van der Waals surface area contributed by atoms with Gasteiger partial charge in [-0.05, 0) is 29.8 Å². The first-order valence-electron chi connectivity index (χ1n) is 6.52. The summed E-state index contributed by atoms with van der Waals surface area (Å²) < 4.78 is 13.0. The molecule has 2 aromatic rings. The van der Waals surface area contributed by atoms with Gasteiger partial charge < -0.3 is 5.32 Å². The normalized spacial score (nSPS) is 10.4. The van der Waals surface area contributed by atoms with Crippen molar-refractivity contribution in [2.45, 2.75) is 5.75 Å². The van der Waals surface area contributed by atoms with Crippen molar-refractivity contribution in [2.24, 2.45) is 0 Å². The molecule has 2 nitrogen and oxygen atoms in total. The summed E-state index contributed by atoms with van der Waals surface area (Å²) in [6, 6.07) is 13.4. The maximum absolute atomic E-state index is 13.0. The van der Waals surface area contributed by atoms with Crippen LogP contribution in [0.3, 0.4) is 0 Å². The average Bonchev–Trinajstić information content (AvgIpc) is 2.48. The van der Waals surface area contributed by atoms with Crippen LogP contribution in [0.15, 0.2) is 48.5 Å². The lowest BCUT2D eigenvalue weighted by Gasteiger charge is -2.06. The van der Waals surface area contributed by atoms with Crippen LogP contribution in [0, 0.1) is 5.82 Å². The Morgan fingerprint density at radius 2 is 2.00 bits per heavy atom. The second kappa shape index (κ2) is 8.05. The van der Waals surface area contributed by atoms with Crippen molar-refractivity contribution in [2.75, 3.05) is 12.3 Å². The van der Waals surface area contributed by atoms with Crippen molar-refractivity contribution in [3.63, 3.8) is 0 Å². The molecule has 0 heterocycles. The first-order chi connectivity index (χ1) is 10.2. The molecule has 5 heteroatoms. The quantitative estimate of drug-likeness (QED) is 0.809. The molecule has 0 radical (unpaired) electrons. The maximum Gasteiger partial charge on any atom is 0.251 e. The van der Waals surface area contributed by atoms with E-state index in [9.17, 15) is 9.18 Å². The Bertz CT molecular complexity index is 621. The molecule has 0 fully saturated rings. The van der Waals surface area contributed by atoms with Crippen molar-refractivity contribution < 1.29 is 9.18 Å². The summed E-state index contributed by atoms with van der Waals surface area (Å²) >= 11 is 7.75. The lowest BCUT2D eigenvalue weighted by atomic mass is 10.2. The molecule has 0 unspecified atom stereocenters. The zero-order chi connectivity index (χ0) is 15.1. The van der Waals surface area contributed by atoms with Crippen LogP contribution in [0.25, 0.3) is 0 Å². The van der Waals surface area contributed by atoms with Gasteiger partial charge in [-0.15, -0.1) is 0 Å². The van der Waals surface area contributed by atoms with Crippen molar-refractivity contribution in [3.8, 4) is 0 Å². The van der Waals surface area contributed by atoms with Gasteiger partial charge >= 0.3 is 0 Å².